The topological polar surface area (TPSA) is 19.6 Å². The van der Waals surface area contributed by atoms with Gasteiger partial charge in [0.1, 0.15) is 5.76 Å². The van der Waals surface area contributed by atoms with E-state index in [2.05, 4.69) is 192 Å². The third-order valence-electron chi connectivity index (χ3n) is 13.3. The number of anilines is 2. The molecule has 6 atom stereocenters. The summed E-state index contributed by atoms with van der Waals surface area (Å²) in [6.07, 6.45) is 32.8. The maximum absolute atomic E-state index is 7.19. The summed E-state index contributed by atoms with van der Waals surface area (Å²) in [7, 11) is 0. The summed E-state index contributed by atoms with van der Waals surface area (Å²) in [6, 6.07) is 40.1. The zero-order valence-corrected chi connectivity index (χ0v) is 33.1. The van der Waals surface area contributed by atoms with Crippen LogP contribution in [0.1, 0.15) is 65.5 Å². The van der Waals surface area contributed by atoms with Crippen molar-refractivity contribution >= 4 is 46.6 Å². The van der Waals surface area contributed by atoms with Crippen LogP contribution in [0, 0.1) is 5.92 Å². The first kappa shape index (κ1) is 34.1. The maximum Gasteiger partial charge on any atom is 0.154 e. The molecule has 4 heteroatoms. The summed E-state index contributed by atoms with van der Waals surface area (Å²) >= 11 is 2.02. The van der Waals surface area contributed by atoms with Gasteiger partial charge in [-0.3, -0.25) is 0 Å². The fourth-order valence-corrected chi connectivity index (χ4v) is 12.1. The lowest BCUT2D eigenvalue weighted by Crippen LogP contribution is -2.44. The van der Waals surface area contributed by atoms with Gasteiger partial charge in [0.2, 0.25) is 0 Å². The molecule has 6 unspecified atom stereocenters. The fraction of sp³-hybridized carbons (Fsp3) is 0.185. The van der Waals surface area contributed by atoms with Gasteiger partial charge in [0.15, 0.2) is 5.42 Å². The normalized spacial score (nSPS) is 25.7. The van der Waals surface area contributed by atoms with Crippen LogP contribution in [0.3, 0.4) is 0 Å². The molecule has 2 aliphatic heterocycles. The molecule has 0 bridgehead atoms. The van der Waals surface area contributed by atoms with Crippen molar-refractivity contribution in [2.24, 2.45) is 5.92 Å². The van der Waals surface area contributed by atoms with Gasteiger partial charge in [0.25, 0.3) is 0 Å². The minimum atomic E-state index is 0.138. The lowest BCUT2D eigenvalue weighted by atomic mass is 9.82. The molecular weight excluding hydrogens is 725 g/mol. The van der Waals surface area contributed by atoms with Crippen molar-refractivity contribution in [3.8, 4) is 0 Å². The summed E-state index contributed by atoms with van der Waals surface area (Å²) in [6.45, 7) is 0. The fourth-order valence-electron chi connectivity index (χ4n) is 10.7. The lowest BCUT2D eigenvalue weighted by Gasteiger charge is -2.40. The van der Waals surface area contributed by atoms with Gasteiger partial charge in [-0.1, -0.05) is 152 Å². The van der Waals surface area contributed by atoms with Crippen molar-refractivity contribution in [3.05, 3.63) is 220 Å². The van der Waals surface area contributed by atoms with E-state index >= 15 is 0 Å². The number of benzene rings is 4. The van der Waals surface area contributed by atoms with Gasteiger partial charge in [-0.05, 0) is 83.9 Å². The average Bonchev–Trinajstić information content (AvgIpc) is 3.98. The highest BCUT2D eigenvalue weighted by Gasteiger charge is 2.41. The lowest BCUT2D eigenvalue weighted by molar-refractivity contribution is 0.388. The van der Waals surface area contributed by atoms with E-state index in [9.17, 15) is 0 Å². The molecule has 58 heavy (non-hydrogen) atoms. The Balaban J connectivity index is 0.935. The van der Waals surface area contributed by atoms with E-state index in [0.717, 1.165) is 36.9 Å². The van der Waals surface area contributed by atoms with E-state index in [4.69, 9.17) is 4.42 Å². The zero-order valence-electron chi connectivity index (χ0n) is 32.3. The summed E-state index contributed by atoms with van der Waals surface area (Å²) in [5.74, 6) is 1.97. The summed E-state index contributed by atoms with van der Waals surface area (Å²) in [5.41, 5.74) is 14.4. The highest BCUT2D eigenvalue weighted by molar-refractivity contribution is 8.01. The van der Waals surface area contributed by atoms with E-state index in [-0.39, 0.29) is 23.3 Å². The van der Waals surface area contributed by atoms with E-state index in [1.54, 1.807) is 0 Å². The summed E-state index contributed by atoms with van der Waals surface area (Å²) in [5, 5.41) is 1.55. The molecule has 0 amide bonds. The zero-order chi connectivity index (χ0) is 38.2. The highest BCUT2D eigenvalue weighted by atomic mass is 32.2. The van der Waals surface area contributed by atoms with E-state index in [0.29, 0.717) is 11.8 Å². The molecular formula is C54H44N2OS. The van der Waals surface area contributed by atoms with Crippen molar-refractivity contribution in [1.29, 1.82) is 0 Å². The standard InChI is InChI=1S/C54H44N2OS/c1-3-14-36(15-4-1)40-20-11-21-44-45-22-12-25-48(53(45)57-52(40)44)56(49-26-13-23-46-43-19-8-10-27-51(43)58-54(46)49)39-31-28-35(29-32-39)37-30-33-42-41-18-7-9-24-47(41)55(50(42)34-37)38-16-5-2-6-17-38/h1-11,13-19,21-24,26-28,30-35,40,42,49-50,54H,12,20,25,29H2. The summed E-state index contributed by atoms with van der Waals surface area (Å²) in [4.78, 5) is 6.60. The van der Waals surface area contributed by atoms with Gasteiger partial charge >= 0.3 is 0 Å². The molecule has 3 heterocycles. The van der Waals surface area contributed by atoms with Gasteiger partial charge in [0.05, 0.1) is 23.0 Å². The number of thioether (sulfide) groups is 1. The first-order chi connectivity index (χ1) is 28.8. The minimum absolute atomic E-state index is 0.138. The van der Waals surface area contributed by atoms with Crippen molar-refractivity contribution in [3.63, 3.8) is 0 Å². The molecule has 0 radical (unpaired) electrons. The minimum Gasteiger partial charge on any atom is -0.458 e. The highest BCUT2D eigenvalue weighted by Crippen LogP contribution is 2.52. The summed E-state index contributed by atoms with van der Waals surface area (Å²) < 4.78 is 7.19. The van der Waals surface area contributed by atoms with Gasteiger partial charge in [0, 0.05) is 50.5 Å². The number of rotatable bonds is 6. The van der Waals surface area contributed by atoms with Crippen LogP contribution in [0.4, 0.5) is 11.4 Å². The first-order valence-electron chi connectivity index (χ1n) is 21.0. The number of fused-ring (bicyclic) bond motifs is 9. The van der Waals surface area contributed by atoms with Crippen molar-refractivity contribution < 1.29 is 4.42 Å². The molecule has 12 rings (SSSR count). The SMILES string of the molecule is C1=CC(N(C2=CCC(C3=CC4C(C=C3)c3ccccc3N4c3ccccc3)C=C2)C2=c3oc4c(c3=CCC2)C=CCC4c2ccccc2)C2Sc3ccccc3C2=C1. The van der Waals surface area contributed by atoms with Crippen LogP contribution in [0.15, 0.2) is 191 Å². The van der Waals surface area contributed by atoms with Gasteiger partial charge in [-0.15, -0.1) is 11.8 Å². The third kappa shape index (κ3) is 5.42. The number of allylic oxidation sites excluding steroid dienone is 8. The maximum atomic E-state index is 7.19. The van der Waals surface area contributed by atoms with Crippen molar-refractivity contribution in [2.45, 2.75) is 59.7 Å². The smallest absolute Gasteiger partial charge is 0.154 e. The molecule has 3 nitrogen and oxygen atoms in total. The number of hydrogen-bond acceptors (Lipinski definition) is 4. The van der Waals surface area contributed by atoms with Crippen LogP contribution >= 0.6 is 11.8 Å². The molecule has 5 aromatic rings. The van der Waals surface area contributed by atoms with Gasteiger partial charge < -0.3 is 14.2 Å². The molecule has 0 saturated carbocycles. The molecule has 282 valence electrons. The van der Waals surface area contributed by atoms with E-state index in [1.807, 2.05) is 11.8 Å². The second kappa shape index (κ2) is 13.9. The molecule has 7 aliphatic rings. The van der Waals surface area contributed by atoms with Crippen molar-refractivity contribution in [1.82, 2.24) is 4.90 Å². The Hall–Kier alpha value is -5.97. The number of hydrogen-bond donors (Lipinski definition) is 0. The molecule has 4 aromatic carbocycles. The van der Waals surface area contributed by atoms with E-state index < -0.39 is 0 Å². The Bertz CT molecular complexity index is 2820. The number of nitrogens with zero attached hydrogens (tertiary/aromatic N) is 2. The predicted molar refractivity (Wildman–Crippen MR) is 240 cm³/mol. The molecule has 0 fully saturated rings. The molecule has 0 spiro atoms. The predicted octanol–water partition coefficient (Wildman–Crippen LogP) is 11.6. The van der Waals surface area contributed by atoms with Crippen LogP contribution in [0.5, 0.6) is 0 Å². The number of furan rings is 1. The Morgan fingerprint density at radius 3 is 2.47 bits per heavy atom. The molecule has 1 aromatic heterocycles. The van der Waals surface area contributed by atoms with Crippen molar-refractivity contribution in [2.75, 3.05) is 4.90 Å². The van der Waals surface area contributed by atoms with Gasteiger partial charge in [-0.2, -0.15) is 0 Å². The second-order valence-corrected chi connectivity index (χ2v) is 17.6. The third-order valence-corrected chi connectivity index (χ3v) is 14.7. The van der Waals surface area contributed by atoms with Gasteiger partial charge in [-0.25, -0.2) is 0 Å². The largest absolute Gasteiger partial charge is 0.458 e. The van der Waals surface area contributed by atoms with Crippen LogP contribution < -0.4 is 15.5 Å². The first-order valence-corrected chi connectivity index (χ1v) is 21.9. The van der Waals surface area contributed by atoms with E-state index in [1.165, 1.54) is 66.3 Å². The van der Waals surface area contributed by atoms with Crippen LogP contribution in [0.25, 0.3) is 23.4 Å². The average molecular weight is 769 g/mol. The molecule has 0 saturated heterocycles. The van der Waals surface area contributed by atoms with Crippen LogP contribution in [-0.4, -0.2) is 22.2 Å². The Morgan fingerprint density at radius 1 is 0.759 bits per heavy atom. The Kier molecular flexibility index (Phi) is 8.14. The van der Waals surface area contributed by atoms with Crippen LogP contribution in [-0.2, 0) is 0 Å². The second-order valence-electron chi connectivity index (χ2n) is 16.5. The number of para-hydroxylation sites is 2. The molecule has 5 aliphatic carbocycles. The molecule has 0 N–H and O–H groups in total. The monoisotopic (exact) mass is 768 g/mol. The quantitative estimate of drug-likeness (QED) is 0.171. The Labute approximate surface area is 344 Å². The van der Waals surface area contributed by atoms with Crippen LogP contribution in [0.2, 0.25) is 0 Å². The Morgan fingerprint density at radius 2 is 1.59 bits per heavy atom.